The predicted octanol–water partition coefficient (Wildman–Crippen LogP) is 1.75. The van der Waals surface area contributed by atoms with Gasteiger partial charge in [0.1, 0.15) is 0 Å². The molecule has 0 aliphatic carbocycles. The van der Waals surface area contributed by atoms with Gasteiger partial charge in [0.15, 0.2) is 11.5 Å². The first-order valence-corrected chi connectivity index (χ1v) is 6.53. The Labute approximate surface area is 131 Å². The number of anilines is 1. The Morgan fingerprint density at radius 1 is 1.36 bits per heavy atom. The molecule has 0 aromatic heterocycles. The maximum Gasteiger partial charge on any atom is 0.586 e. The van der Waals surface area contributed by atoms with Gasteiger partial charge in [-0.05, 0) is 12.1 Å². The van der Waals surface area contributed by atoms with Gasteiger partial charge in [0.05, 0.1) is 13.2 Å². The Hall–Kier alpha value is -1.64. The third-order valence-electron chi connectivity index (χ3n) is 3.12. The zero-order valence-corrected chi connectivity index (χ0v) is 12.3. The van der Waals surface area contributed by atoms with E-state index in [4.69, 9.17) is 4.74 Å². The van der Waals surface area contributed by atoms with Crippen LogP contribution in [0.25, 0.3) is 0 Å². The van der Waals surface area contributed by atoms with Crippen molar-refractivity contribution in [1.82, 2.24) is 5.32 Å². The molecule has 1 amide bonds. The number of carbonyl (C=O) groups excluding carboxylic acids is 1. The molecule has 0 bridgehead atoms. The van der Waals surface area contributed by atoms with Gasteiger partial charge in [-0.3, -0.25) is 4.79 Å². The molecule has 1 aromatic rings. The van der Waals surface area contributed by atoms with Gasteiger partial charge in [-0.1, -0.05) is 0 Å². The van der Waals surface area contributed by atoms with E-state index in [-0.39, 0.29) is 42.3 Å². The summed E-state index contributed by atoms with van der Waals surface area (Å²) in [6.45, 7) is 1.81. The SMILES string of the molecule is Cl.O=C(CC1COCCN1)Nc1ccc2c(c1)OC(F)(F)O2. The first kappa shape index (κ1) is 16.7. The average Bonchev–Trinajstić information content (AvgIpc) is 2.73. The molecule has 1 atom stereocenters. The number of fused-ring (bicyclic) bond motifs is 1. The van der Waals surface area contributed by atoms with Crippen LogP contribution in [0, 0.1) is 0 Å². The van der Waals surface area contributed by atoms with Crippen LogP contribution in [0.3, 0.4) is 0 Å². The Bertz CT molecular complexity index is 553. The Morgan fingerprint density at radius 3 is 2.86 bits per heavy atom. The van der Waals surface area contributed by atoms with Crippen molar-refractivity contribution in [3.05, 3.63) is 18.2 Å². The van der Waals surface area contributed by atoms with Crippen molar-refractivity contribution >= 4 is 24.0 Å². The number of nitrogens with one attached hydrogen (secondary N) is 2. The highest BCUT2D eigenvalue weighted by molar-refractivity contribution is 5.91. The van der Waals surface area contributed by atoms with Crippen LogP contribution in [0.1, 0.15) is 6.42 Å². The van der Waals surface area contributed by atoms with Crippen molar-refractivity contribution in [1.29, 1.82) is 0 Å². The lowest BCUT2D eigenvalue weighted by molar-refractivity contribution is -0.286. The fraction of sp³-hybridized carbons (Fsp3) is 0.462. The number of hydrogen-bond donors (Lipinski definition) is 2. The number of halogens is 3. The van der Waals surface area contributed by atoms with Crippen LogP contribution in [0.5, 0.6) is 11.5 Å². The zero-order valence-electron chi connectivity index (χ0n) is 11.4. The fourth-order valence-corrected chi connectivity index (χ4v) is 2.21. The van der Waals surface area contributed by atoms with Crippen LogP contribution >= 0.6 is 12.4 Å². The number of amides is 1. The Kier molecular flexibility index (Phi) is 5.05. The summed E-state index contributed by atoms with van der Waals surface area (Å²) < 4.78 is 39.6. The third-order valence-corrected chi connectivity index (χ3v) is 3.12. The summed E-state index contributed by atoms with van der Waals surface area (Å²) >= 11 is 0. The van der Waals surface area contributed by atoms with Crippen molar-refractivity contribution in [3.63, 3.8) is 0 Å². The van der Waals surface area contributed by atoms with Gasteiger partial charge in [0.25, 0.3) is 0 Å². The van der Waals surface area contributed by atoms with Crippen LogP contribution < -0.4 is 20.1 Å². The molecule has 22 heavy (non-hydrogen) atoms. The molecule has 9 heteroatoms. The lowest BCUT2D eigenvalue weighted by atomic mass is 10.2. The Balaban J connectivity index is 0.00000176. The summed E-state index contributed by atoms with van der Waals surface area (Å²) in [5.74, 6) is -0.388. The second-order valence-corrected chi connectivity index (χ2v) is 4.81. The van der Waals surface area contributed by atoms with E-state index in [1.165, 1.54) is 18.2 Å². The number of hydrogen-bond acceptors (Lipinski definition) is 5. The lowest BCUT2D eigenvalue weighted by Crippen LogP contribution is -2.43. The van der Waals surface area contributed by atoms with E-state index in [1.54, 1.807) is 0 Å². The van der Waals surface area contributed by atoms with Gasteiger partial charge in [-0.2, -0.15) is 0 Å². The van der Waals surface area contributed by atoms with Gasteiger partial charge < -0.3 is 24.8 Å². The topological polar surface area (TPSA) is 68.8 Å². The van der Waals surface area contributed by atoms with Gasteiger partial charge in [-0.15, -0.1) is 21.2 Å². The maximum absolute atomic E-state index is 12.9. The van der Waals surface area contributed by atoms with E-state index < -0.39 is 6.29 Å². The van der Waals surface area contributed by atoms with Crippen LogP contribution in [0.4, 0.5) is 14.5 Å². The molecule has 0 radical (unpaired) electrons. The number of benzene rings is 1. The second kappa shape index (κ2) is 6.64. The molecular weight excluding hydrogens is 322 g/mol. The van der Waals surface area contributed by atoms with E-state index >= 15 is 0 Å². The summed E-state index contributed by atoms with van der Waals surface area (Å²) in [5.41, 5.74) is 0.372. The van der Waals surface area contributed by atoms with Gasteiger partial charge >= 0.3 is 6.29 Å². The third kappa shape index (κ3) is 3.96. The van der Waals surface area contributed by atoms with Crippen molar-refractivity contribution in [2.45, 2.75) is 18.8 Å². The minimum Gasteiger partial charge on any atom is -0.395 e. The molecule has 0 saturated carbocycles. The highest BCUT2D eigenvalue weighted by Crippen LogP contribution is 2.42. The standard InChI is InChI=1S/C13H14F2N2O4.ClH/c14-13(15)20-10-2-1-8(5-11(10)21-13)17-12(18)6-9-7-19-4-3-16-9;/h1-2,5,9,16H,3-4,6-7H2,(H,17,18);1H. The van der Waals surface area contributed by atoms with Gasteiger partial charge in [0.2, 0.25) is 5.91 Å². The lowest BCUT2D eigenvalue weighted by Gasteiger charge is -2.23. The number of rotatable bonds is 3. The van der Waals surface area contributed by atoms with E-state index in [0.717, 1.165) is 0 Å². The van der Waals surface area contributed by atoms with Crippen LogP contribution in [0.2, 0.25) is 0 Å². The first-order valence-electron chi connectivity index (χ1n) is 6.53. The highest BCUT2D eigenvalue weighted by Gasteiger charge is 2.43. The summed E-state index contributed by atoms with van der Waals surface area (Å²) in [6, 6.07) is 4.07. The van der Waals surface area contributed by atoms with Gasteiger partial charge in [-0.25, -0.2) is 0 Å². The Morgan fingerprint density at radius 2 is 2.14 bits per heavy atom. The highest BCUT2D eigenvalue weighted by atomic mass is 35.5. The summed E-state index contributed by atoms with van der Waals surface area (Å²) in [5, 5.41) is 5.79. The summed E-state index contributed by atoms with van der Waals surface area (Å²) in [4.78, 5) is 11.9. The van der Waals surface area contributed by atoms with Crippen LogP contribution in [0.15, 0.2) is 18.2 Å². The molecule has 2 N–H and O–H groups in total. The van der Waals surface area contributed by atoms with Crippen molar-refractivity contribution in [2.24, 2.45) is 0 Å². The largest absolute Gasteiger partial charge is 0.586 e. The summed E-state index contributed by atoms with van der Waals surface area (Å²) in [6.07, 6.45) is -3.42. The van der Waals surface area contributed by atoms with Crippen molar-refractivity contribution in [2.75, 3.05) is 25.1 Å². The number of morpholine rings is 1. The smallest absolute Gasteiger partial charge is 0.395 e. The number of alkyl halides is 2. The molecule has 1 fully saturated rings. The minimum atomic E-state index is -3.66. The molecule has 6 nitrogen and oxygen atoms in total. The monoisotopic (exact) mass is 336 g/mol. The number of ether oxygens (including phenoxy) is 3. The maximum atomic E-state index is 12.9. The summed E-state index contributed by atoms with van der Waals surface area (Å²) in [7, 11) is 0. The van der Waals surface area contributed by atoms with Crippen molar-refractivity contribution in [3.8, 4) is 11.5 Å². The first-order chi connectivity index (χ1) is 10.0. The molecule has 1 saturated heterocycles. The molecule has 2 heterocycles. The number of carbonyl (C=O) groups is 1. The second-order valence-electron chi connectivity index (χ2n) is 4.81. The molecule has 1 aromatic carbocycles. The molecule has 2 aliphatic heterocycles. The molecule has 2 aliphatic rings. The minimum absolute atomic E-state index is 0. The normalized spacial score (nSPS) is 21.8. The van der Waals surface area contributed by atoms with Crippen LogP contribution in [-0.2, 0) is 9.53 Å². The molecule has 0 spiro atoms. The predicted molar refractivity (Wildman–Crippen MR) is 75.7 cm³/mol. The van der Waals surface area contributed by atoms with E-state index in [1.807, 2.05) is 0 Å². The van der Waals surface area contributed by atoms with Gasteiger partial charge in [0, 0.05) is 30.8 Å². The van der Waals surface area contributed by atoms with E-state index in [2.05, 4.69) is 20.1 Å². The molecule has 122 valence electrons. The average molecular weight is 337 g/mol. The van der Waals surface area contributed by atoms with Crippen molar-refractivity contribution < 1.29 is 27.8 Å². The van der Waals surface area contributed by atoms with E-state index in [0.29, 0.717) is 25.4 Å². The van der Waals surface area contributed by atoms with Crippen LogP contribution in [-0.4, -0.2) is 38.0 Å². The van der Waals surface area contributed by atoms with E-state index in [9.17, 15) is 13.6 Å². The fourth-order valence-electron chi connectivity index (χ4n) is 2.21. The molecular formula is C13H15ClF2N2O4. The quantitative estimate of drug-likeness (QED) is 0.880. The zero-order chi connectivity index (χ0) is 14.9. The molecule has 1 unspecified atom stereocenters. The molecule has 3 rings (SSSR count).